The SMILES string of the molecule is CCOc1ccc(N(CC(=O)N(Cc2ccc(Br)cc2)[C@@H](Cc2ccccc2)C(=O)NC)S(=O)(=O)c2ccc(F)cc2)cc1. The van der Waals surface area contributed by atoms with Crippen LogP contribution in [0.1, 0.15) is 18.1 Å². The molecule has 44 heavy (non-hydrogen) atoms. The third kappa shape index (κ3) is 8.23. The van der Waals surface area contributed by atoms with Gasteiger partial charge in [0.2, 0.25) is 11.8 Å². The van der Waals surface area contributed by atoms with Gasteiger partial charge in [0.1, 0.15) is 24.2 Å². The normalized spacial score (nSPS) is 11.8. The molecule has 0 saturated heterocycles. The Hall–Kier alpha value is -4.22. The summed E-state index contributed by atoms with van der Waals surface area (Å²) in [5.74, 6) is -1.06. The van der Waals surface area contributed by atoms with Gasteiger partial charge < -0.3 is 15.0 Å². The highest BCUT2D eigenvalue weighted by molar-refractivity contribution is 9.10. The Morgan fingerprint density at radius 2 is 1.52 bits per heavy atom. The van der Waals surface area contributed by atoms with Crippen molar-refractivity contribution in [2.24, 2.45) is 0 Å². The van der Waals surface area contributed by atoms with E-state index < -0.39 is 40.2 Å². The van der Waals surface area contributed by atoms with Crippen molar-refractivity contribution >= 4 is 43.5 Å². The number of anilines is 1. The molecule has 0 aliphatic heterocycles. The van der Waals surface area contributed by atoms with Crippen LogP contribution in [0, 0.1) is 5.82 Å². The zero-order valence-corrected chi connectivity index (χ0v) is 26.7. The zero-order chi connectivity index (χ0) is 31.7. The van der Waals surface area contributed by atoms with Crippen molar-refractivity contribution in [3.8, 4) is 5.75 Å². The van der Waals surface area contributed by atoms with Crippen LogP contribution >= 0.6 is 15.9 Å². The number of ether oxygens (including phenoxy) is 1. The van der Waals surface area contributed by atoms with Crippen LogP contribution in [0.5, 0.6) is 5.75 Å². The van der Waals surface area contributed by atoms with Crippen molar-refractivity contribution in [3.05, 3.63) is 125 Å². The Bertz CT molecular complexity index is 1650. The van der Waals surface area contributed by atoms with Gasteiger partial charge in [-0.2, -0.15) is 0 Å². The van der Waals surface area contributed by atoms with Gasteiger partial charge in [-0.25, -0.2) is 12.8 Å². The van der Waals surface area contributed by atoms with Crippen LogP contribution in [0.4, 0.5) is 10.1 Å². The number of nitrogens with one attached hydrogen (secondary N) is 1. The molecule has 0 unspecified atom stereocenters. The fourth-order valence-electron chi connectivity index (χ4n) is 4.64. The van der Waals surface area contributed by atoms with Gasteiger partial charge in [0.15, 0.2) is 0 Å². The molecule has 0 aromatic heterocycles. The second-order valence-electron chi connectivity index (χ2n) is 9.86. The minimum atomic E-state index is -4.34. The fourth-order valence-corrected chi connectivity index (χ4v) is 6.32. The number of nitrogens with zero attached hydrogens (tertiary/aromatic N) is 2. The number of hydrogen-bond donors (Lipinski definition) is 1. The lowest BCUT2D eigenvalue weighted by Gasteiger charge is -2.33. The van der Waals surface area contributed by atoms with Crippen LogP contribution in [0.2, 0.25) is 0 Å². The first-order valence-corrected chi connectivity index (χ1v) is 16.2. The number of benzene rings is 4. The first kappa shape index (κ1) is 32.7. The Morgan fingerprint density at radius 3 is 2.11 bits per heavy atom. The number of rotatable bonds is 13. The van der Waals surface area contributed by atoms with E-state index >= 15 is 0 Å². The lowest BCUT2D eigenvalue weighted by atomic mass is 10.0. The number of amides is 2. The smallest absolute Gasteiger partial charge is 0.264 e. The van der Waals surface area contributed by atoms with E-state index in [1.165, 1.54) is 11.9 Å². The number of hydrogen-bond acceptors (Lipinski definition) is 5. The van der Waals surface area contributed by atoms with E-state index in [-0.39, 0.29) is 23.5 Å². The molecule has 0 heterocycles. The molecule has 0 saturated carbocycles. The van der Waals surface area contributed by atoms with E-state index in [0.29, 0.717) is 12.4 Å². The number of likely N-dealkylation sites (N-methyl/N-ethyl adjacent to an activating group) is 1. The standard InChI is InChI=1S/C33H33BrFN3O5S/c1-3-43-29-17-15-28(16-18-29)38(44(41,42)30-19-13-27(35)14-20-30)23-32(39)37(22-25-9-11-26(34)12-10-25)31(33(40)36-2)21-24-7-5-4-6-8-24/h4-20,31H,3,21-23H2,1-2H3,(H,36,40)/t31-/m0/s1. The molecule has 230 valence electrons. The topological polar surface area (TPSA) is 96.0 Å². The number of carbonyl (C=O) groups is 2. The van der Waals surface area contributed by atoms with Crippen molar-refractivity contribution in [1.29, 1.82) is 0 Å². The highest BCUT2D eigenvalue weighted by atomic mass is 79.9. The molecule has 1 atom stereocenters. The monoisotopic (exact) mass is 681 g/mol. The van der Waals surface area contributed by atoms with Crippen LogP contribution in [-0.4, -0.2) is 51.4 Å². The van der Waals surface area contributed by atoms with Crippen LogP contribution in [0.15, 0.2) is 112 Å². The molecular weight excluding hydrogens is 649 g/mol. The zero-order valence-electron chi connectivity index (χ0n) is 24.3. The minimum Gasteiger partial charge on any atom is -0.494 e. The second kappa shape index (κ2) is 15.0. The van der Waals surface area contributed by atoms with Gasteiger partial charge in [0.05, 0.1) is 17.2 Å². The molecule has 0 spiro atoms. The summed E-state index contributed by atoms with van der Waals surface area (Å²) < 4.78 is 49.0. The van der Waals surface area contributed by atoms with Gasteiger partial charge in [-0.3, -0.25) is 13.9 Å². The third-order valence-electron chi connectivity index (χ3n) is 6.90. The fraction of sp³-hybridized carbons (Fsp3) is 0.212. The predicted molar refractivity (Wildman–Crippen MR) is 171 cm³/mol. The molecular formula is C33H33BrFN3O5S. The molecule has 11 heteroatoms. The highest BCUT2D eigenvalue weighted by Crippen LogP contribution is 2.27. The summed E-state index contributed by atoms with van der Waals surface area (Å²) in [7, 11) is -2.85. The average Bonchev–Trinajstić information content (AvgIpc) is 3.03. The van der Waals surface area contributed by atoms with Crippen molar-refractivity contribution in [2.75, 3.05) is 24.5 Å². The summed E-state index contributed by atoms with van der Waals surface area (Å²) in [6.45, 7) is 1.68. The average molecular weight is 683 g/mol. The largest absolute Gasteiger partial charge is 0.494 e. The molecule has 0 radical (unpaired) electrons. The minimum absolute atomic E-state index is 0.0464. The van der Waals surface area contributed by atoms with E-state index in [1.807, 2.05) is 61.5 Å². The van der Waals surface area contributed by atoms with Crippen molar-refractivity contribution in [2.45, 2.75) is 30.8 Å². The molecule has 4 aromatic carbocycles. The molecule has 0 bridgehead atoms. The maximum atomic E-state index is 14.3. The van der Waals surface area contributed by atoms with E-state index in [2.05, 4.69) is 21.2 Å². The van der Waals surface area contributed by atoms with E-state index in [0.717, 1.165) is 44.2 Å². The highest BCUT2D eigenvalue weighted by Gasteiger charge is 2.34. The molecule has 0 fully saturated rings. The molecule has 0 aliphatic carbocycles. The van der Waals surface area contributed by atoms with Gasteiger partial charge in [0.25, 0.3) is 10.0 Å². The maximum Gasteiger partial charge on any atom is 0.264 e. The van der Waals surface area contributed by atoms with Gasteiger partial charge in [-0.1, -0.05) is 58.4 Å². The van der Waals surface area contributed by atoms with Gasteiger partial charge in [-0.05, 0) is 78.7 Å². The number of carbonyl (C=O) groups excluding carboxylic acids is 2. The van der Waals surface area contributed by atoms with Crippen molar-refractivity contribution < 1.29 is 27.1 Å². The van der Waals surface area contributed by atoms with E-state index in [9.17, 15) is 22.4 Å². The quantitative estimate of drug-likeness (QED) is 0.199. The Balaban J connectivity index is 1.78. The molecule has 8 nitrogen and oxygen atoms in total. The summed E-state index contributed by atoms with van der Waals surface area (Å²) >= 11 is 3.42. The Kier molecular flexibility index (Phi) is 11.1. The number of halogens is 2. The van der Waals surface area contributed by atoms with Gasteiger partial charge in [-0.15, -0.1) is 0 Å². The summed E-state index contributed by atoms with van der Waals surface area (Å²) in [6, 6.07) is 26.3. The van der Waals surface area contributed by atoms with Crippen LogP contribution in [0.25, 0.3) is 0 Å². The van der Waals surface area contributed by atoms with Crippen molar-refractivity contribution in [3.63, 3.8) is 0 Å². The molecule has 4 rings (SSSR count). The predicted octanol–water partition coefficient (Wildman–Crippen LogP) is 5.57. The van der Waals surface area contributed by atoms with Gasteiger partial charge in [0, 0.05) is 24.5 Å². The van der Waals surface area contributed by atoms with Crippen LogP contribution < -0.4 is 14.4 Å². The molecule has 1 N–H and O–H groups in total. The first-order valence-electron chi connectivity index (χ1n) is 13.9. The summed E-state index contributed by atoms with van der Waals surface area (Å²) in [5, 5.41) is 2.66. The van der Waals surface area contributed by atoms with E-state index in [4.69, 9.17) is 4.74 Å². The molecule has 2 amide bonds. The third-order valence-corrected chi connectivity index (χ3v) is 9.22. The maximum absolute atomic E-state index is 14.3. The Morgan fingerprint density at radius 1 is 0.886 bits per heavy atom. The molecule has 0 aliphatic rings. The van der Waals surface area contributed by atoms with Crippen LogP contribution in [0.3, 0.4) is 0 Å². The lowest BCUT2D eigenvalue weighted by molar-refractivity contribution is -0.139. The first-order chi connectivity index (χ1) is 21.1. The van der Waals surface area contributed by atoms with Crippen molar-refractivity contribution in [1.82, 2.24) is 10.2 Å². The molecule has 4 aromatic rings. The van der Waals surface area contributed by atoms with Crippen LogP contribution in [-0.2, 0) is 32.6 Å². The summed E-state index contributed by atoms with van der Waals surface area (Å²) in [4.78, 5) is 28.8. The Labute approximate surface area is 265 Å². The number of sulfonamides is 1. The second-order valence-corrected chi connectivity index (χ2v) is 12.6. The summed E-state index contributed by atoms with van der Waals surface area (Å²) in [6.07, 6.45) is 0.205. The van der Waals surface area contributed by atoms with E-state index in [1.54, 1.807) is 24.3 Å². The van der Waals surface area contributed by atoms with Gasteiger partial charge >= 0.3 is 0 Å². The lowest BCUT2D eigenvalue weighted by Crippen LogP contribution is -2.53. The summed E-state index contributed by atoms with van der Waals surface area (Å²) in [5.41, 5.74) is 1.78.